The Labute approximate surface area is 162 Å². The van der Waals surface area contributed by atoms with Gasteiger partial charge in [-0.3, -0.25) is 14.5 Å². The average molecular weight is 383 g/mol. The predicted molar refractivity (Wildman–Crippen MR) is 99.6 cm³/mol. The molecule has 0 atom stereocenters. The van der Waals surface area contributed by atoms with E-state index in [0.717, 1.165) is 32.0 Å². The zero-order chi connectivity index (χ0) is 19.9. The molecule has 2 N–H and O–H groups in total. The highest BCUT2D eigenvalue weighted by molar-refractivity contribution is 5.95. The summed E-state index contributed by atoms with van der Waals surface area (Å²) >= 11 is 0. The molecule has 146 valence electrons. The first-order valence-electron chi connectivity index (χ1n) is 8.90. The first kappa shape index (κ1) is 19.4. The first-order chi connectivity index (χ1) is 13.5. The van der Waals surface area contributed by atoms with Crippen LogP contribution in [0.3, 0.4) is 0 Å². The summed E-state index contributed by atoms with van der Waals surface area (Å²) in [5.74, 6) is -1.95. The lowest BCUT2D eigenvalue weighted by atomic mass is 10.2. The normalized spacial score (nSPS) is 14.5. The maximum absolute atomic E-state index is 12.3. The van der Waals surface area contributed by atoms with Gasteiger partial charge < -0.3 is 15.3 Å². The first-order valence-corrected chi connectivity index (χ1v) is 8.90. The monoisotopic (exact) mass is 383 g/mol. The molecule has 28 heavy (non-hydrogen) atoms. The van der Waals surface area contributed by atoms with E-state index in [1.807, 2.05) is 18.2 Å². The molecule has 1 fully saturated rings. The number of benzene rings is 1. The van der Waals surface area contributed by atoms with Crippen molar-refractivity contribution in [3.8, 4) is 0 Å². The molecule has 0 radical (unpaired) electrons. The number of nitrogens with one attached hydrogen (secondary N) is 1. The van der Waals surface area contributed by atoms with Gasteiger partial charge in [-0.15, -0.1) is 0 Å². The van der Waals surface area contributed by atoms with E-state index in [4.69, 9.17) is 5.11 Å². The molecule has 0 unspecified atom stereocenters. The zero-order valence-electron chi connectivity index (χ0n) is 15.2. The SMILES string of the molecule is O=C(O)c1cnc(C(=O)NCC(=O)N2CCN(Cc3ccccc3)CC2)cn1. The van der Waals surface area contributed by atoms with Crippen molar-refractivity contribution in [3.05, 3.63) is 59.7 Å². The van der Waals surface area contributed by atoms with Crippen LogP contribution in [0.2, 0.25) is 0 Å². The molecule has 9 heteroatoms. The Morgan fingerprint density at radius 2 is 1.61 bits per heavy atom. The Hall–Kier alpha value is -3.33. The lowest BCUT2D eigenvalue weighted by Crippen LogP contribution is -2.50. The zero-order valence-corrected chi connectivity index (χ0v) is 15.2. The van der Waals surface area contributed by atoms with Gasteiger partial charge in [0, 0.05) is 32.7 Å². The van der Waals surface area contributed by atoms with Crippen LogP contribution in [0.5, 0.6) is 0 Å². The molecule has 0 bridgehead atoms. The van der Waals surface area contributed by atoms with Gasteiger partial charge in [-0.1, -0.05) is 30.3 Å². The minimum Gasteiger partial charge on any atom is -0.476 e. The standard InChI is InChI=1S/C19H21N5O4/c25-17(12-22-18(26)15-10-21-16(11-20-15)19(27)28)24-8-6-23(7-9-24)13-14-4-2-1-3-5-14/h1-5,10-11H,6-9,12-13H2,(H,22,26)(H,27,28). The molecule has 2 heterocycles. The number of carboxylic acid groups (broad SMARTS) is 1. The number of hydrogen-bond donors (Lipinski definition) is 2. The number of aromatic carboxylic acids is 1. The molecule has 1 saturated heterocycles. The van der Waals surface area contributed by atoms with Crippen LogP contribution in [-0.2, 0) is 11.3 Å². The highest BCUT2D eigenvalue weighted by Gasteiger charge is 2.21. The lowest BCUT2D eigenvalue weighted by molar-refractivity contribution is -0.131. The van der Waals surface area contributed by atoms with Crippen molar-refractivity contribution in [2.24, 2.45) is 0 Å². The summed E-state index contributed by atoms with van der Waals surface area (Å²) in [6.07, 6.45) is 2.08. The third kappa shape index (κ3) is 5.10. The topological polar surface area (TPSA) is 116 Å². The minimum absolute atomic E-state index is 0.0366. The van der Waals surface area contributed by atoms with Crippen molar-refractivity contribution < 1.29 is 19.5 Å². The van der Waals surface area contributed by atoms with Crippen molar-refractivity contribution in [2.45, 2.75) is 6.54 Å². The molecule has 2 aromatic rings. The Balaban J connectivity index is 1.43. The van der Waals surface area contributed by atoms with Crippen LogP contribution in [0.25, 0.3) is 0 Å². The molecular formula is C19H21N5O4. The average Bonchev–Trinajstić information content (AvgIpc) is 2.73. The van der Waals surface area contributed by atoms with Gasteiger partial charge >= 0.3 is 5.97 Å². The number of nitrogens with zero attached hydrogens (tertiary/aromatic N) is 4. The van der Waals surface area contributed by atoms with Gasteiger partial charge in [-0.2, -0.15) is 0 Å². The molecule has 1 aliphatic heterocycles. The van der Waals surface area contributed by atoms with Gasteiger partial charge in [0.05, 0.1) is 18.9 Å². The van der Waals surface area contributed by atoms with E-state index in [-0.39, 0.29) is 23.8 Å². The Kier molecular flexibility index (Phi) is 6.28. The van der Waals surface area contributed by atoms with Gasteiger partial charge in [-0.05, 0) is 5.56 Å². The molecule has 1 aliphatic rings. The second-order valence-electron chi connectivity index (χ2n) is 6.42. The fourth-order valence-corrected chi connectivity index (χ4v) is 2.91. The van der Waals surface area contributed by atoms with Crippen molar-refractivity contribution >= 4 is 17.8 Å². The summed E-state index contributed by atoms with van der Waals surface area (Å²) in [5, 5.41) is 11.3. The van der Waals surface area contributed by atoms with Crippen LogP contribution in [0.1, 0.15) is 26.5 Å². The van der Waals surface area contributed by atoms with Crippen molar-refractivity contribution in [1.29, 1.82) is 0 Å². The van der Waals surface area contributed by atoms with Crippen LogP contribution < -0.4 is 5.32 Å². The number of rotatable bonds is 6. The summed E-state index contributed by atoms with van der Waals surface area (Å²) in [6.45, 7) is 3.47. The number of aromatic nitrogens is 2. The largest absolute Gasteiger partial charge is 0.476 e. The smallest absolute Gasteiger partial charge is 0.356 e. The highest BCUT2D eigenvalue weighted by Crippen LogP contribution is 2.08. The fraction of sp³-hybridized carbons (Fsp3) is 0.316. The Bertz CT molecular complexity index is 833. The molecule has 1 aromatic heterocycles. The second kappa shape index (κ2) is 9.05. The van der Waals surface area contributed by atoms with E-state index < -0.39 is 11.9 Å². The number of amides is 2. The summed E-state index contributed by atoms with van der Waals surface area (Å²) < 4.78 is 0. The van der Waals surface area contributed by atoms with Gasteiger partial charge in [0.1, 0.15) is 5.69 Å². The third-order valence-electron chi connectivity index (χ3n) is 4.48. The molecule has 9 nitrogen and oxygen atoms in total. The maximum atomic E-state index is 12.3. The third-order valence-corrected chi connectivity index (χ3v) is 4.48. The number of carbonyl (C=O) groups is 3. The van der Waals surface area contributed by atoms with Crippen molar-refractivity contribution in [3.63, 3.8) is 0 Å². The van der Waals surface area contributed by atoms with E-state index >= 15 is 0 Å². The lowest BCUT2D eigenvalue weighted by Gasteiger charge is -2.34. The molecule has 3 rings (SSSR count). The molecular weight excluding hydrogens is 362 g/mol. The Morgan fingerprint density at radius 3 is 2.21 bits per heavy atom. The van der Waals surface area contributed by atoms with Crippen LogP contribution >= 0.6 is 0 Å². The molecule has 0 saturated carbocycles. The van der Waals surface area contributed by atoms with Crippen LogP contribution in [-0.4, -0.2) is 75.4 Å². The Morgan fingerprint density at radius 1 is 0.964 bits per heavy atom. The summed E-state index contributed by atoms with van der Waals surface area (Å²) in [4.78, 5) is 46.5. The number of carboxylic acids is 1. The highest BCUT2D eigenvalue weighted by atomic mass is 16.4. The van der Waals surface area contributed by atoms with E-state index in [0.29, 0.717) is 13.1 Å². The van der Waals surface area contributed by atoms with E-state index in [2.05, 4.69) is 32.3 Å². The maximum Gasteiger partial charge on any atom is 0.356 e. The van der Waals surface area contributed by atoms with E-state index in [1.54, 1.807) is 4.90 Å². The van der Waals surface area contributed by atoms with Crippen molar-refractivity contribution in [1.82, 2.24) is 25.1 Å². The van der Waals surface area contributed by atoms with Gasteiger partial charge in [0.15, 0.2) is 5.69 Å². The molecule has 0 aliphatic carbocycles. The van der Waals surface area contributed by atoms with Gasteiger partial charge in [-0.25, -0.2) is 14.8 Å². The fourth-order valence-electron chi connectivity index (χ4n) is 2.91. The minimum atomic E-state index is -1.22. The number of hydrogen-bond acceptors (Lipinski definition) is 6. The van der Waals surface area contributed by atoms with E-state index in [1.165, 1.54) is 5.56 Å². The summed E-state index contributed by atoms with van der Waals surface area (Å²) in [6, 6.07) is 10.2. The summed E-state index contributed by atoms with van der Waals surface area (Å²) in [7, 11) is 0. The van der Waals surface area contributed by atoms with Crippen LogP contribution in [0.15, 0.2) is 42.7 Å². The predicted octanol–water partition coefficient (Wildman–Crippen LogP) is 0.249. The molecule has 0 spiro atoms. The van der Waals surface area contributed by atoms with Gasteiger partial charge in [0.2, 0.25) is 5.91 Å². The van der Waals surface area contributed by atoms with E-state index in [9.17, 15) is 14.4 Å². The summed E-state index contributed by atoms with van der Waals surface area (Å²) in [5.41, 5.74) is 0.955. The molecule has 1 aromatic carbocycles. The van der Waals surface area contributed by atoms with Crippen LogP contribution in [0.4, 0.5) is 0 Å². The molecule has 2 amide bonds. The van der Waals surface area contributed by atoms with Crippen molar-refractivity contribution in [2.75, 3.05) is 32.7 Å². The quantitative estimate of drug-likeness (QED) is 0.734. The second-order valence-corrected chi connectivity index (χ2v) is 6.42. The number of piperazine rings is 1. The van der Waals surface area contributed by atoms with Crippen LogP contribution in [0, 0.1) is 0 Å². The van der Waals surface area contributed by atoms with Gasteiger partial charge in [0.25, 0.3) is 5.91 Å². The number of carbonyl (C=O) groups excluding carboxylic acids is 2.